The summed E-state index contributed by atoms with van der Waals surface area (Å²) in [5, 5.41) is 0. The van der Waals surface area contributed by atoms with Crippen LogP contribution in [0.15, 0.2) is 109 Å². The number of hydrogen-bond donors (Lipinski definition) is 0. The van der Waals surface area contributed by atoms with Crippen LogP contribution in [0.1, 0.15) is 27.5 Å². The van der Waals surface area contributed by atoms with Crippen molar-refractivity contribution in [2.45, 2.75) is 6.04 Å². The predicted molar refractivity (Wildman–Crippen MR) is 148 cm³/mol. The van der Waals surface area contributed by atoms with Gasteiger partial charge in [-0.3, -0.25) is 9.69 Å². The van der Waals surface area contributed by atoms with Gasteiger partial charge in [0.2, 0.25) is 0 Å². The van der Waals surface area contributed by atoms with Gasteiger partial charge >= 0.3 is 0 Å². The molecule has 0 saturated carbocycles. The second-order valence-electron chi connectivity index (χ2n) is 9.57. The molecular weight excluding hydrogens is 442 g/mol. The lowest BCUT2D eigenvalue weighted by Gasteiger charge is -2.39. The Bertz CT molecular complexity index is 1240. The highest BCUT2D eigenvalue weighted by Crippen LogP contribution is 2.30. The lowest BCUT2D eigenvalue weighted by molar-refractivity contribution is 0.0597. The number of anilines is 1. The molecule has 4 aromatic rings. The van der Waals surface area contributed by atoms with Crippen molar-refractivity contribution < 1.29 is 4.79 Å². The van der Waals surface area contributed by atoms with E-state index in [9.17, 15) is 4.79 Å². The summed E-state index contributed by atoms with van der Waals surface area (Å²) in [6, 6.07) is 38.0. The van der Waals surface area contributed by atoms with Gasteiger partial charge in [-0.1, -0.05) is 84.9 Å². The molecule has 1 aliphatic heterocycles. The van der Waals surface area contributed by atoms with Crippen LogP contribution < -0.4 is 4.90 Å². The van der Waals surface area contributed by atoms with Crippen LogP contribution in [0.5, 0.6) is 0 Å². The maximum atomic E-state index is 13.4. The van der Waals surface area contributed by atoms with Gasteiger partial charge in [-0.25, -0.2) is 0 Å². The zero-order chi connectivity index (χ0) is 24.9. The molecule has 0 spiro atoms. The number of hydrogen-bond acceptors (Lipinski definition) is 3. The lowest BCUT2D eigenvalue weighted by Crippen LogP contribution is -2.49. The minimum atomic E-state index is 0.109. The van der Waals surface area contributed by atoms with Gasteiger partial charge in [-0.15, -0.1) is 0 Å². The van der Waals surface area contributed by atoms with E-state index in [1.165, 1.54) is 11.1 Å². The molecule has 0 radical (unpaired) electrons. The molecule has 0 aromatic heterocycles. The minimum absolute atomic E-state index is 0.109. The Morgan fingerprint density at radius 1 is 0.667 bits per heavy atom. The average molecular weight is 476 g/mol. The van der Waals surface area contributed by atoms with Gasteiger partial charge < -0.3 is 9.80 Å². The van der Waals surface area contributed by atoms with Crippen molar-refractivity contribution in [2.24, 2.45) is 0 Å². The molecule has 1 saturated heterocycles. The molecule has 1 fully saturated rings. The van der Waals surface area contributed by atoms with Crippen molar-refractivity contribution in [3.8, 4) is 11.1 Å². The largest absolute Gasteiger partial charge is 0.378 e. The third-order valence-electron chi connectivity index (χ3n) is 7.02. The van der Waals surface area contributed by atoms with Gasteiger partial charge in [0.1, 0.15) is 0 Å². The quantitative estimate of drug-likeness (QED) is 0.344. The zero-order valence-electron chi connectivity index (χ0n) is 21.0. The van der Waals surface area contributed by atoms with Crippen LogP contribution in [0.2, 0.25) is 0 Å². The molecule has 1 heterocycles. The number of piperazine rings is 1. The van der Waals surface area contributed by atoms with E-state index in [2.05, 4.69) is 101 Å². The van der Waals surface area contributed by atoms with Crippen molar-refractivity contribution >= 4 is 11.6 Å². The first-order valence-electron chi connectivity index (χ1n) is 12.6. The molecule has 182 valence electrons. The van der Waals surface area contributed by atoms with E-state index >= 15 is 0 Å². The number of benzene rings is 4. The molecule has 4 heteroatoms. The molecular formula is C32H33N3O. The molecule has 1 amide bonds. The smallest absolute Gasteiger partial charge is 0.253 e. The summed E-state index contributed by atoms with van der Waals surface area (Å²) in [5.41, 5.74) is 6.67. The fraction of sp³-hybridized carbons (Fsp3) is 0.219. The highest BCUT2D eigenvalue weighted by molar-refractivity contribution is 5.95. The first-order chi connectivity index (χ1) is 17.6. The van der Waals surface area contributed by atoms with Crippen LogP contribution >= 0.6 is 0 Å². The van der Waals surface area contributed by atoms with Gasteiger partial charge in [-0.05, 0) is 46.5 Å². The molecule has 0 atom stereocenters. The van der Waals surface area contributed by atoms with Crippen LogP contribution in [0.4, 0.5) is 5.69 Å². The van der Waals surface area contributed by atoms with Crippen LogP contribution in [0.25, 0.3) is 11.1 Å². The normalized spacial score (nSPS) is 14.1. The number of carbonyl (C=O) groups excluding carboxylic acids is 1. The van der Waals surface area contributed by atoms with Gasteiger partial charge in [-0.2, -0.15) is 0 Å². The van der Waals surface area contributed by atoms with Crippen molar-refractivity contribution in [2.75, 3.05) is 45.2 Å². The van der Waals surface area contributed by atoms with Crippen LogP contribution in [-0.2, 0) is 0 Å². The SMILES string of the molecule is CN(C)c1ccc(-c2cccc(C(=O)N3CCN(C(c4ccccc4)c4ccccc4)CC3)c2)cc1. The second kappa shape index (κ2) is 10.8. The summed E-state index contributed by atoms with van der Waals surface area (Å²) < 4.78 is 0. The summed E-state index contributed by atoms with van der Waals surface area (Å²) in [6.45, 7) is 3.12. The van der Waals surface area contributed by atoms with E-state index in [1.807, 2.05) is 37.2 Å². The Labute approximate surface area is 214 Å². The third-order valence-corrected chi connectivity index (χ3v) is 7.02. The Morgan fingerprint density at radius 2 is 1.25 bits per heavy atom. The van der Waals surface area contributed by atoms with Crippen LogP contribution in [0.3, 0.4) is 0 Å². The number of nitrogens with zero attached hydrogens (tertiary/aromatic N) is 3. The highest BCUT2D eigenvalue weighted by Gasteiger charge is 2.28. The van der Waals surface area contributed by atoms with Crippen molar-refractivity contribution in [3.63, 3.8) is 0 Å². The van der Waals surface area contributed by atoms with Gasteiger partial charge in [0.15, 0.2) is 0 Å². The average Bonchev–Trinajstić information content (AvgIpc) is 2.94. The van der Waals surface area contributed by atoms with E-state index in [0.29, 0.717) is 0 Å². The van der Waals surface area contributed by atoms with E-state index in [4.69, 9.17) is 0 Å². The molecule has 36 heavy (non-hydrogen) atoms. The molecule has 5 rings (SSSR count). The molecule has 0 aliphatic carbocycles. The molecule has 0 N–H and O–H groups in total. The number of rotatable bonds is 6. The lowest BCUT2D eigenvalue weighted by atomic mass is 9.96. The maximum absolute atomic E-state index is 13.4. The summed E-state index contributed by atoms with van der Waals surface area (Å²) in [6.07, 6.45) is 0. The summed E-state index contributed by atoms with van der Waals surface area (Å²) in [5.74, 6) is 0.109. The Kier molecular flexibility index (Phi) is 7.15. The van der Waals surface area contributed by atoms with Crippen LogP contribution in [-0.4, -0.2) is 56.0 Å². The molecule has 4 aromatic carbocycles. The fourth-order valence-electron chi connectivity index (χ4n) is 5.03. The minimum Gasteiger partial charge on any atom is -0.378 e. The van der Waals surface area contributed by atoms with Gasteiger partial charge in [0.25, 0.3) is 5.91 Å². The van der Waals surface area contributed by atoms with Crippen molar-refractivity contribution in [1.82, 2.24) is 9.80 Å². The summed E-state index contributed by atoms with van der Waals surface area (Å²) in [4.78, 5) is 20.0. The monoisotopic (exact) mass is 475 g/mol. The first kappa shape index (κ1) is 23.8. The summed E-state index contributed by atoms with van der Waals surface area (Å²) >= 11 is 0. The molecule has 1 aliphatic rings. The fourth-order valence-corrected chi connectivity index (χ4v) is 5.03. The molecule has 4 nitrogen and oxygen atoms in total. The predicted octanol–water partition coefficient (Wildman–Crippen LogP) is 5.97. The zero-order valence-corrected chi connectivity index (χ0v) is 21.0. The number of carbonyl (C=O) groups is 1. The standard InChI is InChI=1S/C32H33N3O/c1-33(2)30-18-16-25(17-19-30)28-14-9-15-29(24-28)32(36)35-22-20-34(21-23-35)31(26-10-5-3-6-11-26)27-12-7-4-8-13-27/h3-19,24,31H,20-23H2,1-2H3. The van der Waals surface area contributed by atoms with Crippen LogP contribution in [0, 0.1) is 0 Å². The van der Waals surface area contributed by atoms with E-state index in [0.717, 1.165) is 48.6 Å². The maximum Gasteiger partial charge on any atom is 0.253 e. The Balaban J connectivity index is 1.30. The van der Waals surface area contributed by atoms with E-state index in [1.54, 1.807) is 0 Å². The van der Waals surface area contributed by atoms with E-state index < -0.39 is 0 Å². The van der Waals surface area contributed by atoms with E-state index in [-0.39, 0.29) is 11.9 Å². The summed E-state index contributed by atoms with van der Waals surface area (Å²) in [7, 11) is 4.08. The third kappa shape index (κ3) is 5.19. The number of amides is 1. The second-order valence-corrected chi connectivity index (χ2v) is 9.57. The van der Waals surface area contributed by atoms with Gasteiger partial charge in [0, 0.05) is 51.5 Å². The highest BCUT2D eigenvalue weighted by atomic mass is 16.2. The van der Waals surface area contributed by atoms with Crippen molar-refractivity contribution in [1.29, 1.82) is 0 Å². The molecule has 0 unspecified atom stereocenters. The Hall–Kier alpha value is -3.89. The first-order valence-corrected chi connectivity index (χ1v) is 12.6. The molecule has 0 bridgehead atoms. The van der Waals surface area contributed by atoms with Gasteiger partial charge in [0.05, 0.1) is 6.04 Å². The van der Waals surface area contributed by atoms with Crippen molar-refractivity contribution in [3.05, 3.63) is 126 Å². The Morgan fingerprint density at radius 3 is 1.81 bits per heavy atom. The topological polar surface area (TPSA) is 26.8 Å².